The summed E-state index contributed by atoms with van der Waals surface area (Å²) in [5.41, 5.74) is 4.41. The van der Waals surface area contributed by atoms with Crippen LogP contribution in [0.15, 0.2) is 48.5 Å². The van der Waals surface area contributed by atoms with E-state index in [1.807, 2.05) is 0 Å². The largest absolute Gasteiger partial charge is 0.385 e. The number of unbranched alkanes of at least 4 members (excludes halogenated alkanes) is 2. The third kappa shape index (κ3) is 4.08. The molecule has 0 atom stereocenters. The predicted octanol–water partition coefficient (Wildman–Crippen LogP) is 6.24. The zero-order valence-electron chi connectivity index (χ0n) is 14.9. The summed E-state index contributed by atoms with van der Waals surface area (Å²) in [5.74, 6) is 0. The normalized spacial score (nSPS) is 16.9. The third-order valence-electron chi connectivity index (χ3n) is 5.46. The van der Waals surface area contributed by atoms with Crippen molar-refractivity contribution in [2.45, 2.75) is 70.3 Å². The van der Waals surface area contributed by atoms with Crippen LogP contribution in [0.1, 0.15) is 69.4 Å². The molecule has 128 valence electrons. The van der Waals surface area contributed by atoms with Crippen molar-refractivity contribution in [1.29, 1.82) is 0 Å². The first-order chi connectivity index (χ1) is 11.7. The van der Waals surface area contributed by atoms with Gasteiger partial charge in [-0.15, -0.1) is 0 Å². The second-order valence-corrected chi connectivity index (χ2v) is 7.32. The molecule has 0 heterocycles. The van der Waals surface area contributed by atoms with Crippen LogP contribution in [-0.2, 0) is 12.0 Å². The van der Waals surface area contributed by atoms with E-state index in [-0.39, 0.29) is 0 Å². The predicted molar refractivity (Wildman–Crippen MR) is 102 cm³/mol. The van der Waals surface area contributed by atoms with Crippen LogP contribution in [0.5, 0.6) is 0 Å². The summed E-state index contributed by atoms with van der Waals surface area (Å²) in [6, 6.07) is 17.5. The van der Waals surface area contributed by atoms with Gasteiger partial charge in [-0.3, -0.25) is 0 Å². The van der Waals surface area contributed by atoms with Gasteiger partial charge in [-0.1, -0.05) is 87.6 Å². The molecule has 1 nitrogen and oxygen atoms in total. The van der Waals surface area contributed by atoms with Crippen LogP contribution < -0.4 is 0 Å². The van der Waals surface area contributed by atoms with E-state index < -0.39 is 5.60 Å². The van der Waals surface area contributed by atoms with Crippen LogP contribution in [0.3, 0.4) is 0 Å². The van der Waals surface area contributed by atoms with E-state index in [1.54, 1.807) is 0 Å². The van der Waals surface area contributed by atoms with Crippen LogP contribution in [-0.4, -0.2) is 5.11 Å². The van der Waals surface area contributed by atoms with Crippen molar-refractivity contribution in [2.24, 2.45) is 0 Å². The Labute approximate surface area is 146 Å². The smallest absolute Gasteiger partial charge is 0.0896 e. The van der Waals surface area contributed by atoms with Crippen LogP contribution in [0, 0.1) is 0 Å². The Hall–Kier alpha value is -1.60. The summed E-state index contributed by atoms with van der Waals surface area (Å²) >= 11 is 0. The lowest BCUT2D eigenvalue weighted by atomic mass is 9.79. The van der Waals surface area contributed by atoms with Crippen molar-refractivity contribution in [3.63, 3.8) is 0 Å². The molecule has 0 saturated heterocycles. The average molecular weight is 322 g/mol. The van der Waals surface area contributed by atoms with Crippen LogP contribution >= 0.6 is 0 Å². The fraction of sp³-hybridized carbons (Fsp3) is 0.478. The Morgan fingerprint density at radius 2 is 1.38 bits per heavy atom. The van der Waals surface area contributed by atoms with Gasteiger partial charge in [0.05, 0.1) is 5.60 Å². The Morgan fingerprint density at radius 1 is 0.792 bits per heavy atom. The lowest BCUT2D eigenvalue weighted by Gasteiger charge is -2.32. The highest BCUT2D eigenvalue weighted by molar-refractivity contribution is 5.64. The third-order valence-corrected chi connectivity index (χ3v) is 5.46. The molecule has 1 N–H and O–H groups in total. The van der Waals surface area contributed by atoms with E-state index in [4.69, 9.17) is 0 Å². The second-order valence-electron chi connectivity index (χ2n) is 7.32. The molecule has 1 saturated carbocycles. The Bertz CT molecular complexity index is 618. The molecular formula is C23H30O. The number of aliphatic hydroxyl groups is 1. The monoisotopic (exact) mass is 322 g/mol. The molecule has 0 radical (unpaired) electrons. The fourth-order valence-corrected chi connectivity index (χ4v) is 3.84. The van der Waals surface area contributed by atoms with Crippen molar-refractivity contribution in [3.05, 3.63) is 59.7 Å². The van der Waals surface area contributed by atoms with Gasteiger partial charge in [0.2, 0.25) is 0 Å². The SMILES string of the molecule is CCCCCc1ccc(-c2ccc(C3(O)CCCCC3)cc2)cc1. The van der Waals surface area contributed by atoms with Gasteiger partial charge >= 0.3 is 0 Å². The van der Waals surface area contributed by atoms with E-state index in [2.05, 4.69) is 55.5 Å². The molecule has 0 bridgehead atoms. The molecule has 0 unspecified atom stereocenters. The van der Waals surface area contributed by atoms with E-state index in [1.165, 1.54) is 48.8 Å². The van der Waals surface area contributed by atoms with Crippen molar-refractivity contribution >= 4 is 0 Å². The quantitative estimate of drug-likeness (QED) is 0.624. The zero-order valence-corrected chi connectivity index (χ0v) is 14.9. The molecule has 1 fully saturated rings. The molecule has 0 spiro atoms. The standard InChI is InChI=1S/C23H30O/c1-2-3-5-8-19-9-11-20(12-10-19)21-13-15-22(16-14-21)23(24)17-6-4-7-18-23/h9-16,24H,2-8,17-18H2,1H3. The molecular weight excluding hydrogens is 292 g/mol. The zero-order chi connectivity index (χ0) is 16.8. The Morgan fingerprint density at radius 3 is 1.96 bits per heavy atom. The maximum atomic E-state index is 10.8. The van der Waals surface area contributed by atoms with Crippen LogP contribution in [0.2, 0.25) is 0 Å². The summed E-state index contributed by atoms with van der Waals surface area (Å²) in [6.45, 7) is 2.25. The van der Waals surface area contributed by atoms with Crippen molar-refractivity contribution in [1.82, 2.24) is 0 Å². The molecule has 0 amide bonds. The van der Waals surface area contributed by atoms with Crippen molar-refractivity contribution < 1.29 is 5.11 Å². The maximum absolute atomic E-state index is 10.8. The lowest BCUT2D eigenvalue weighted by molar-refractivity contribution is -0.000612. The van der Waals surface area contributed by atoms with Gasteiger partial charge < -0.3 is 5.11 Å². The molecule has 1 aliphatic carbocycles. The highest BCUT2D eigenvalue weighted by Crippen LogP contribution is 2.37. The van der Waals surface area contributed by atoms with Crippen molar-refractivity contribution in [2.75, 3.05) is 0 Å². The lowest BCUT2D eigenvalue weighted by Crippen LogP contribution is -2.28. The van der Waals surface area contributed by atoms with Crippen molar-refractivity contribution in [3.8, 4) is 11.1 Å². The van der Waals surface area contributed by atoms with Gasteiger partial charge in [-0.2, -0.15) is 0 Å². The maximum Gasteiger partial charge on any atom is 0.0896 e. The molecule has 0 aliphatic heterocycles. The first-order valence-corrected chi connectivity index (χ1v) is 9.63. The number of hydrogen-bond donors (Lipinski definition) is 1. The van der Waals surface area contributed by atoms with Crippen LogP contribution in [0.4, 0.5) is 0 Å². The topological polar surface area (TPSA) is 20.2 Å². The molecule has 1 aliphatic rings. The minimum atomic E-state index is -0.597. The highest BCUT2D eigenvalue weighted by Gasteiger charge is 2.30. The van der Waals surface area contributed by atoms with E-state index in [9.17, 15) is 5.11 Å². The molecule has 24 heavy (non-hydrogen) atoms. The molecule has 1 heteroatoms. The van der Waals surface area contributed by atoms with E-state index in [0.717, 1.165) is 31.2 Å². The number of benzene rings is 2. The van der Waals surface area contributed by atoms with E-state index >= 15 is 0 Å². The number of aryl methyl sites for hydroxylation is 1. The van der Waals surface area contributed by atoms with Gasteiger partial charge in [0, 0.05) is 0 Å². The van der Waals surface area contributed by atoms with Gasteiger partial charge in [-0.25, -0.2) is 0 Å². The summed E-state index contributed by atoms with van der Waals surface area (Å²) in [7, 11) is 0. The number of rotatable bonds is 6. The Kier molecular flexibility index (Phi) is 5.73. The Balaban J connectivity index is 1.69. The molecule has 2 aromatic carbocycles. The van der Waals surface area contributed by atoms with Gasteiger partial charge in [0.1, 0.15) is 0 Å². The first-order valence-electron chi connectivity index (χ1n) is 9.63. The minimum absolute atomic E-state index is 0.597. The summed E-state index contributed by atoms with van der Waals surface area (Å²) in [6.07, 6.45) is 10.4. The summed E-state index contributed by atoms with van der Waals surface area (Å²) in [4.78, 5) is 0. The summed E-state index contributed by atoms with van der Waals surface area (Å²) < 4.78 is 0. The average Bonchev–Trinajstić information content (AvgIpc) is 2.63. The van der Waals surface area contributed by atoms with Gasteiger partial charge in [-0.05, 0) is 47.9 Å². The highest BCUT2D eigenvalue weighted by atomic mass is 16.3. The number of hydrogen-bond acceptors (Lipinski definition) is 1. The molecule has 3 rings (SSSR count). The van der Waals surface area contributed by atoms with E-state index in [0.29, 0.717) is 0 Å². The second kappa shape index (κ2) is 7.98. The van der Waals surface area contributed by atoms with Gasteiger partial charge in [0.25, 0.3) is 0 Å². The fourth-order valence-electron chi connectivity index (χ4n) is 3.84. The van der Waals surface area contributed by atoms with Crippen LogP contribution in [0.25, 0.3) is 11.1 Å². The molecule has 2 aromatic rings. The minimum Gasteiger partial charge on any atom is -0.385 e. The first kappa shape index (κ1) is 17.2. The van der Waals surface area contributed by atoms with Gasteiger partial charge in [0.15, 0.2) is 0 Å². The molecule has 0 aromatic heterocycles. The summed E-state index contributed by atoms with van der Waals surface area (Å²) in [5, 5.41) is 10.8.